The molecule has 1 atom stereocenters. The smallest absolute Gasteiger partial charge is 0.277 e. The van der Waals surface area contributed by atoms with Crippen LogP contribution in [0.25, 0.3) is 0 Å². The first-order valence-corrected chi connectivity index (χ1v) is 5.98. The second kappa shape index (κ2) is 5.18. The molecule has 2 rings (SSSR count). The first-order valence-electron chi connectivity index (χ1n) is 5.98. The van der Waals surface area contributed by atoms with E-state index in [0.717, 1.165) is 19.0 Å². The molecule has 1 aromatic rings. The van der Waals surface area contributed by atoms with Crippen LogP contribution in [-0.4, -0.2) is 20.2 Å². The Hall–Kier alpha value is -1.23. The normalized spacial score (nSPS) is 20.8. The van der Waals surface area contributed by atoms with Crippen LogP contribution in [0.15, 0.2) is 18.2 Å². The highest BCUT2D eigenvalue weighted by Gasteiger charge is 2.42. The Labute approximate surface area is 104 Å². The zero-order valence-corrected chi connectivity index (χ0v) is 10.2. The van der Waals surface area contributed by atoms with Gasteiger partial charge in [0.15, 0.2) is 11.6 Å². The predicted molar refractivity (Wildman–Crippen MR) is 62.4 cm³/mol. The van der Waals surface area contributed by atoms with Gasteiger partial charge in [0.25, 0.3) is 5.92 Å². The summed E-state index contributed by atoms with van der Waals surface area (Å²) in [5.74, 6) is -4.56. The minimum Gasteiger partial charge on any atom is -0.494 e. The van der Waals surface area contributed by atoms with Gasteiger partial charge in [0.05, 0.1) is 7.11 Å². The number of hydrogen-bond donors (Lipinski definition) is 1. The highest BCUT2D eigenvalue weighted by molar-refractivity contribution is 5.32. The molecule has 0 radical (unpaired) electrons. The van der Waals surface area contributed by atoms with Crippen LogP contribution in [0.1, 0.15) is 18.4 Å². The van der Waals surface area contributed by atoms with E-state index >= 15 is 0 Å². The minimum absolute atomic E-state index is 0.0173. The number of hydrogen-bond acceptors (Lipinski definition) is 2. The fourth-order valence-corrected chi connectivity index (χ4v) is 2.27. The summed E-state index contributed by atoms with van der Waals surface area (Å²) in [6.45, 7) is 1.03. The third-order valence-corrected chi connectivity index (χ3v) is 3.35. The Bertz CT molecular complexity index is 417. The second-order valence-corrected chi connectivity index (χ2v) is 4.52. The number of halogens is 3. The van der Waals surface area contributed by atoms with Crippen LogP contribution in [0.5, 0.6) is 5.75 Å². The number of rotatable bonds is 3. The molecule has 18 heavy (non-hydrogen) atoms. The van der Waals surface area contributed by atoms with Crippen LogP contribution in [0.4, 0.5) is 13.2 Å². The molecule has 0 amide bonds. The van der Waals surface area contributed by atoms with Gasteiger partial charge in [-0.2, -0.15) is 0 Å². The molecular formula is C13H16F3NO. The lowest BCUT2D eigenvalue weighted by atomic mass is 9.88. The summed E-state index contributed by atoms with van der Waals surface area (Å²) in [4.78, 5) is 0. The molecule has 1 aliphatic rings. The highest BCUT2D eigenvalue weighted by Crippen LogP contribution is 2.40. The lowest BCUT2D eigenvalue weighted by Gasteiger charge is -2.30. The van der Waals surface area contributed by atoms with Gasteiger partial charge < -0.3 is 10.1 Å². The van der Waals surface area contributed by atoms with E-state index in [0.29, 0.717) is 6.42 Å². The summed E-state index contributed by atoms with van der Waals surface area (Å²) >= 11 is 0. The monoisotopic (exact) mass is 259 g/mol. The molecule has 0 saturated carbocycles. The van der Waals surface area contributed by atoms with Gasteiger partial charge >= 0.3 is 0 Å². The first-order chi connectivity index (χ1) is 8.55. The molecule has 100 valence electrons. The van der Waals surface area contributed by atoms with E-state index in [9.17, 15) is 13.2 Å². The minimum atomic E-state index is -3.01. The molecule has 0 aromatic heterocycles. The maximum atomic E-state index is 14.2. The molecule has 1 N–H and O–H groups in total. The van der Waals surface area contributed by atoms with Crippen molar-refractivity contribution in [3.05, 3.63) is 29.6 Å². The lowest BCUT2D eigenvalue weighted by molar-refractivity contribution is -0.0727. The van der Waals surface area contributed by atoms with Crippen molar-refractivity contribution < 1.29 is 17.9 Å². The molecule has 1 saturated heterocycles. The predicted octanol–water partition coefficient (Wildman–Crippen LogP) is 2.93. The van der Waals surface area contributed by atoms with Gasteiger partial charge in [-0.15, -0.1) is 0 Å². The molecule has 2 nitrogen and oxygen atoms in total. The molecule has 1 fully saturated rings. The summed E-state index contributed by atoms with van der Waals surface area (Å²) in [7, 11) is 1.31. The Balaban J connectivity index is 2.25. The largest absolute Gasteiger partial charge is 0.494 e. The van der Waals surface area contributed by atoms with Gasteiger partial charge in [-0.25, -0.2) is 13.2 Å². The number of piperidine rings is 1. The third kappa shape index (κ3) is 2.46. The SMILES string of the molecule is COc1ccc(C(F)(F)C2CCCNC2)cc1F. The lowest BCUT2D eigenvalue weighted by Crippen LogP contribution is -2.39. The average Bonchev–Trinajstić information content (AvgIpc) is 2.39. The van der Waals surface area contributed by atoms with Gasteiger partial charge in [0.2, 0.25) is 0 Å². The molecule has 1 heterocycles. The van der Waals surface area contributed by atoms with Crippen molar-refractivity contribution in [2.45, 2.75) is 18.8 Å². The molecule has 1 unspecified atom stereocenters. The number of benzene rings is 1. The van der Waals surface area contributed by atoms with E-state index in [1.807, 2.05) is 0 Å². The van der Waals surface area contributed by atoms with Crippen molar-refractivity contribution in [2.75, 3.05) is 20.2 Å². The van der Waals surface area contributed by atoms with E-state index in [-0.39, 0.29) is 17.9 Å². The molecule has 0 bridgehead atoms. The van der Waals surface area contributed by atoms with E-state index < -0.39 is 17.7 Å². The van der Waals surface area contributed by atoms with Gasteiger partial charge in [0, 0.05) is 18.0 Å². The van der Waals surface area contributed by atoms with E-state index in [4.69, 9.17) is 4.74 Å². The van der Waals surface area contributed by atoms with Crippen LogP contribution >= 0.6 is 0 Å². The molecule has 0 spiro atoms. The Morgan fingerprint density at radius 2 is 2.17 bits per heavy atom. The van der Waals surface area contributed by atoms with Crippen LogP contribution in [-0.2, 0) is 5.92 Å². The van der Waals surface area contributed by atoms with Crippen LogP contribution in [0, 0.1) is 11.7 Å². The molecular weight excluding hydrogens is 243 g/mol. The van der Waals surface area contributed by atoms with Gasteiger partial charge in [-0.3, -0.25) is 0 Å². The number of alkyl halides is 2. The van der Waals surface area contributed by atoms with Crippen molar-refractivity contribution in [3.8, 4) is 5.75 Å². The maximum absolute atomic E-state index is 14.2. The van der Waals surface area contributed by atoms with Crippen LogP contribution in [0.3, 0.4) is 0 Å². The van der Waals surface area contributed by atoms with Gasteiger partial charge in [-0.1, -0.05) is 0 Å². The number of ether oxygens (including phenoxy) is 1. The molecule has 0 aliphatic carbocycles. The first kappa shape index (κ1) is 13.2. The fourth-order valence-electron chi connectivity index (χ4n) is 2.27. The van der Waals surface area contributed by atoms with Crippen LogP contribution in [0.2, 0.25) is 0 Å². The molecule has 1 aromatic carbocycles. The second-order valence-electron chi connectivity index (χ2n) is 4.52. The quantitative estimate of drug-likeness (QED) is 0.901. The summed E-state index contributed by atoms with van der Waals surface area (Å²) in [5, 5.41) is 2.95. The van der Waals surface area contributed by atoms with E-state index in [2.05, 4.69) is 5.32 Å². The van der Waals surface area contributed by atoms with E-state index in [1.54, 1.807) is 0 Å². The average molecular weight is 259 g/mol. The fraction of sp³-hybridized carbons (Fsp3) is 0.538. The molecule has 1 aliphatic heterocycles. The highest BCUT2D eigenvalue weighted by atomic mass is 19.3. The molecule has 5 heteroatoms. The summed E-state index contributed by atoms with van der Waals surface area (Å²) < 4.78 is 46.6. The third-order valence-electron chi connectivity index (χ3n) is 3.35. The zero-order valence-electron chi connectivity index (χ0n) is 10.2. The Morgan fingerprint density at radius 3 is 2.72 bits per heavy atom. The van der Waals surface area contributed by atoms with Crippen molar-refractivity contribution in [1.29, 1.82) is 0 Å². The topological polar surface area (TPSA) is 21.3 Å². The Morgan fingerprint density at radius 1 is 1.39 bits per heavy atom. The van der Waals surface area contributed by atoms with Crippen molar-refractivity contribution in [2.24, 2.45) is 5.92 Å². The van der Waals surface area contributed by atoms with Crippen LogP contribution < -0.4 is 10.1 Å². The number of nitrogens with one attached hydrogen (secondary N) is 1. The van der Waals surface area contributed by atoms with E-state index in [1.165, 1.54) is 19.2 Å². The maximum Gasteiger partial charge on any atom is 0.277 e. The Kier molecular flexibility index (Phi) is 3.80. The standard InChI is InChI=1S/C13H16F3NO/c1-18-12-5-4-9(7-11(12)14)13(15,16)10-3-2-6-17-8-10/h4-5,7,10,17H,2-3,6,8H2,1H3. The van der Waals surface area contributed by atoms with Crippen molar-refractivity contribution >= 4 is 0 Å². The summed E-state index contributed by atoms with van der Waals surface area (Å²) in [5.41, 5.74) is -0.283. The van der Waals surface area contributed by atoms with Gasteiger partial charge in [-0.05, 0) is 37.6 Å². The summed E-state index contributed by atoms with van der Waals surface area (Å²) in [6, 6.07) is 3.35. The number of methoxy groups -OCH3 is 1. The van der Waals surface area contributed by atoms with Crippen molar-refractivity contribution in [1.82, 2.24) is 5.32 Å². The summed E-state index contributed by atoms with van der Waals surface area (Å²) in [6.07, 6.45) is 1.17. The zero-order chi connectivity index (χ0) is 13.2. The van der Waals surface area contributed by atoms with Gasteiger partial charge in [0.1, 0.15) is 0 Å². The van der Waals surface area contributed by atoms with Crippen molar-refractivity contribution in [3.63, 3.8) is 0 Å².